The molecule has 0 aromatic heterocycles. The molecule has 1 aromatic rings. The summed E-state index contributed by atoms with van der Waals surface area (Å²) in [6, 6.07) is 8.54. The van der Waals surface area contributed by atoms with E-state index in [2.05, 4.69) is 11.0 Å². The molecule has 3 saturated heterocycles. The standard InChI is InChI=1S/C19H26N2O3/c1-23-17-4-2-3-15(11-17)12-20-8-6-19(18(20)22)7-9-21(14-19)16-5-10-24-13-16/h2-4,11,16H,5-10,12-14H2,1H3/t16-,19-/m1/s1. The lowest BCUT2D eigenvalue weighted by Gasteiger charge is -2.26. The van der Waals surface area contributed by atoms with E-state index in [1.165, 1.54) is 0 Å². The second kappa shape index (κ2) is 6.37. The van der Waals surface area contributed by atoms with E-state index >= 15 is 0 Å². The summed E-state index contributed by atoms with van der Waals surface area (Å²) >= 11 is 0. The molecule has 0 saturated carbocycles. The molecule has 0 aliphatic carbocycles. The quantitative estimate of drug-likeness (QED) is 0.846. The predicted octanol–water partition coefficient (Wildman–Crippen LogP) is 1.91. The topological polar surface area (TPSA) is 42.0 Å². The minimum Gasteiger partial charge on any atom is -0.497 e. The van der Waals surface area contributed by atoms with Crippen LogP contribution in [0.2, 0.25) is 0 Å². The number of benzene rings is 1. The monoisotopic (exact) mass is 330 g/mol. The number of likely N-dealkylation sites (tertiary alicyclic amines) is 2. The van der Waals surface area contributed by atoms with Crippen molar-refractivity contribution in [3.05, 3.63) is 29.8 Å². The van der Waals surface area contributed by atoms with E-state index < -0.39 is 0 Å². The first-order chi connectivity index (χ1) is 11.7. The highest BCUT2D eigenvalue weighted by Gasteiger charge is 2.51. The molecule has 3 heterocycles. The largest absolute Gasteiger partial charge is 0.497 e. The predicted molar refractivity (Wildman–Crippen MR) is 90.9 cm³/mol. The second-order valence-corrected chi connectivity index (χ2v) is 7.35. The molecule has 2 atom stereocenters. The number of amides is 1. The Labute approximate surface area is 143 Å². The lowest BCUT2D eigenvalue weighted by Crippen LogP contribution is -2.39. The fourth-order valence-electron chi connectivity index (χ4n) is 4.44. The fraction of sp³-hybridized carbons (Fsp3) is 0.632. The number of hydrogen-bond donors (Lipinski definition) is 0. The van der Waals surface area contributed by atoms with E-state index in [9.17, 15) is 4.79 Å². The van der Waals surface area contributed by atoms with Gasteiger partial charge in [0.15, 0.2) is 0 Å². The Bertz CT molecular complexity index is 614. The molecule has 0 bridgehead atoms. The first-order valence-electron chi connectivity index (χ1n) is 8.94. The summed E-state index contributed by atoms with van der Waals surface area (Å²) in [6.07, 6.45) is 3.09. The summed E-state index contributed by atoms with van der Waals surface area (Å²) in [5.41, 5.74) is 0.986. The normalized spacial score (nSPS) is 30.6. The number of carbonyl (C=O) groups is 1. The van der Waals surface area contributed by atoms with E-state index in [0.29, 0.717) is 18.5 Å². The van der Waals surface area contributed by atoms with E-state index in [1.54, 1.807) is 7.11 Å². The highest BCUT2D eigenvalue weighted by atomic mass is 16.5. The number of hydrogen-bond acceptors (Lipinski definition) is 4. The number of methoxy groups -OCH3 is 1. The molecule has 130 valence electrons. The molecule has 3 aliphatic rings. The van der Waals surface area contributed by atoms with Crippen LogP contribution in [0.15, 0.2) is 24.3 Å². The zero-order valence-corrected chi connectivity index (χ0v) is 14.4. The zero-order valence-electron chi connectivity index (χ0n) is 14.4. The molecule has 1 aromatic carbocycles. The van der Waals surface area contributed by atoms with E-state index in [4.69, 9.17) is 9.47 Å². The van der Waals surface area contributed by atoms with Crippen LogP contribution < -0.4 is 4.74 Å². The molecule has 0 radical (unpaired) electrons. The average Bonchev–Trinajstić information content (AvgIpc) is 3.33. The Morgan fingerprint density at radius 3 is 3.00 bits per heavy atom. The van der Waals surface area contributed by atoms with Gasteiger partial charge in [-0.05, 0) is 43.5 Å². The van der Waals surface area contributed by atoms with Crippen LogP contribution in [0.25, 0.3) is 0 Å². The van der Waals surface area contributed by atoms with Gasteiger partial charge in [-0.1, -0.05) is 12.1 Å². The number of nitrogens with zero attached hydrogens (tertiary/aromatic N) is 2. The van der Waals surface area contributed by atoms with Gasteiger partial charge in [0.05, 0.1) is 19.1 Å². The van der Waals surface area contributed by atoms with Gasteiger partial charge >= 0.3 is 0 Å². The maximum absolute atomic E-state index is 13.1. The third-order valence-corrected chi connectivity index (χ3v) is 5.91. The highest BCUT2D eigenvalue weighted by Crippen LogP contribution is 2.42. The molecule has 1 amide bonds. The highest BCUT2D eigenvalue weighted by molar-refractivity contribution is 5.85. The van der Waals surface area contributed by atoms with Crippen molar-refractivity contribution in [3.8, 4) is 5.75 Å². The van der Waals surface area contributed by atoms with Crippen LogP contribution in [-0.2, 0) is 16.1 Å². The van der Waals surface area contributed by atoms with Gasteiger partial charge in [0.1, 0.15) is 5.75 Å². The van der Waals surface area contributed by atoms with Crippen molar-refractivity contribution in [2.75, 3.05) is 40.0 Å². The zero-order chi connectivity index (χ0) is 16.6. The van der Waals surface area contributed by atoms with Crippen molar-refractivity contribution in [2.45, 2.75) is 31.8 Å². The summed E-state index contributed by atoms with van der Waals surface area (Å²) < 4.78 is 10.8. The van der Waals surface area contributed by atoms with Crippen LogP contribution in [0.1, 0.15) is 24.8 Å². The Balaban J connectivity index is 1.42. The van der Waals surface area contributed by atoms with Crippen molar-refractivity contribution in [1.29, 1.82) is 0 Å². The molecule has 5 heteroatoms. The van der Waals surface area contributed by atoms with Crippen LogP contribution >= 0.6 is 0 Å². The third kappa shape index (κ3) is 2.80. The maximum Gasteiger partial charge on any atom is 0.230 e. The van der Waals surface area contributed by atoms with Gasteiger partial charge in [-0.15, -0.1) is 0 Å². The van der Waals surface area contributed by atoms with Crippen LogP contribution in [0, 0.1) is 5.41 Å². The average molecular weight is 330 g/mol. The minimum atomic E-state index is -0.151. The van der Waals surface area contributed by atoms with E-state index in [-0.39, 0.29) is 5.41 Å². The Morgan fingerprint density at radius 1 is 1.33 bits per heavy atom. The first kappa shape index (κ1) is 15.9. The van der Waals surface area contributed by atoms with Crippen LogP contribution in [0.4, 0.5) is 0 Å². The lowest BCUT2D eigenvalue weighted by atomic mass is 9.85. The van der Waals surface area contributed by atoms with Crippen molar-refractivity contribution < 1.29 is 14.3 Å². The summed E-state index contributed by atoms with van der Waals surface area (Å²) in [6.45, 7) is 5.19. The summed E-state index contributed by atoms with van der Waals surface area (Å²) in [7, 11) is 1.68. The van der Waals surface area contributed by atoms with Crippen molar-refractivity contribution in [3.63, 3.8) is 0 Å². The Morgan fingerprint density at radius 2 is 2.21 bits per heavy atom. The molecule has 3 fully saturated rings. The van der Waals surface area contributed by atoms with Gasteiger partial charge in [0.2, 0.25) is 5.91 Å². The molecular weight excluding hydrogens is 304 g/mol. The van der Waals surface area contributed by atoms with Gasteiger partial charge in [-0.3, -0.25) is 9.69 Å². The third-order valence-electron chi connectivity index (χ3n) is 5.91. The van der Waals surface area contributed by atoms with E-state index in [1.807, 2.05) is 23.1 Å². The van der Waals surface area contributed by atoms with Crippen LogP contribution in [0.3, 0.4) is 0 Å². The number of carbonyl (C=O) groups excluding carboxylic acids is 1. The van der Waals surface area contributed by atoms with E-state index in [0.717, 1.165) is 63.4 Å². The number of rotatable bonds is 4. The molecule has 0 N–H and O–H groups in total. The summed E-state index contributed by atoms with van der Waals surface area (Å²) in [5.74, 6) is 1.19. The second-order valence-electron chi connectivity index (χ2n) is 7.35. The Hall–Kier alpha value is -1.59. The fourth-order valence-corrected chi connectivity index (χ4v) is 4.44. The molecule has 0 unspecified atom stereocenters. The summed E-state index contributed by atoms with van der Waals surface area (Å²) in [5, 5.41) is 0. The Kier molecular flexibility index (Phi) is 4.22. The molecular formula is C19H26N2O3. The van der Waals surface area contributed by atoms with Crippen molar-refractivity contribution in [1.82, 2.24) is 9.80 Å². The smallest absolute Gasteiger partial charge is 0.230 e. The van der Waals surface area contributed by atoms with Gasteiger partial charge in [-0.2, -0.15) is 0 Å². The van der Waals surface area contributed by atoms with Crippen LogP contribution in [-0.4, -0.2) is 61.7 Å². The van der Waals surface area contributed by atoms with Gasteiger partial charge in [0.25, 0.3) is 0 Å². The van der Waals surface area contributed by atoms with Gasteiger partial charge in [-0.25, -0.2) is 0 Å². The lowest BCUT2D eigenvalue weighted by molar-refractivity contribution is -0.136. The SMILES string of the molecule is COc1cccc(CN2CC[C@]3(CCN([C@@H]4CCOC4)C3)C2=O)c1. The van der Waals surface area contributed by atoms with Crippen molar-refractivity contribution >= 4 is 5.91 Å². The van der Waals surface area contributed by atoms with Gasteiger partial charge < -0.3 is 14.4 Å². The minimum absolute atomic E-state index is 0.151. The van der Waals surface area contributed by atoms with Gasteiger partial charge in [0, 0.05) is 32.3 Å². The first-order valence-corrected chi connectivity index (χ1v) is 8.94. The van der Waals surface area contributed by atoms with Crippen LogP contribution in [0.5, 0.6) is 5.75 Å². The molecule has 1 spiro atoms. The molecule has 5 nitrogen and oxygen atoms in total. The number of ether oxygens (including phenoxy) is 2. The molecule has 3 aliphatic heterocycles. The van der Waals surface area contributed by atoms with Crippen molar-refractivity contribution in [2.24, 2.45) is 5.41 Å². The summed E-state index contributed by atoms with van der Waals surface area (Å²) in [4.78, 5) is 17.6. The molecule has 24 heavy (non-hydrogen) atoms. The maximum atomic E-state index is 13.1. The molecule has 4 rings (SSSR count).